The summed E-state index contributed by atoms with van der Waals surface area (Å²) in [4.78, 5) is 11.1. The van der Waals surface area contributed by atoms with Crippen molar-refractivity contribution in [3.05, 3.63) is 58.7 Å². The van der Waals surface area contributed by atoms with Crippen LogP contribution in [0.5, 0.6) is 0 Å². The van der Waals surface area contributed by atoms with Gasteiger partial charge in [0, 0.05) is 11.1 Å². The lowest BCUT2D eigenvalue weighted by atomic mass is 9.94. The van der Waals surface area contributed by atoms with Gasteiger partial charge in [0.15, 0.2) is 0 Å². The maximum absolute atomic E-state index is 14.1. The first kappa shape index (κ1) is 13.2. The standard InChI is InChI=1S/C15H12F2O2/c1-8-6-9(2)13(12(17)7-8)10-4-3-5-11(16)14(10)15(18)19/h3-7H,1-2H3,(H,18,19). The van der Waals surface area contributed by atoms with E-state index in [2.05, 4.69) is 0 Å². The quantitative estimate of drug-likeness (QED) is 0.889. The zero-order chi connectivity index (χ0) is 14.2. The molecule has 0 fully saturated rings. The molecule has 0 aliphatic rings. The van der Waals surface area contributed by atoms with E-state index >= 15 is 0 Å². The van der Waals surface area contributed by atoms with E-state index in [4.69, 9.17) is 5.11 Å². The van der Waals surface area contributed by atoms with Crippen LogP contribution in [0.3, 0.4) is 0 Å². The summed E-state index contributed by atoms with van der Waals surface area (Å²) in [6, 6.07) is 6.87. The minimum atomic E-state index is -1.41. The van der Waals surface area contributed by atoms with Crippen molar-refractivity contribution in [2.24, 2.45) is 0 Å². The molecule has 19 heavy (non-hydrogen) atoms. The lowest BCUT2D eigenvalue weighted by Gasteiger charge is -2.12. The summed E-state index contributed by atoms with van der Waals surface area (Å²) in [5.74, 6) is -2.83. The number of aromatic carboxylic acids is 1. The summed E-state index contributed by atoms with van der Waals surface area (Å²) in [6.45, 7) is 3.41. The van der Waals surface area contributed by atoms with E-state index < -0.39 is 23.2 Å². The highest BCUT2D eigenvalue weighted by Crippen LogP contribution is 2.31. The van der Waals surface area contributed by atoms with Crippen molar-refractivity contribution < 1.29 is 18.7 Å². The van der Waals surface area contributed by atoms with Crippen molar-refractivity contribution in [1.82, 2.24) is 0 Å². The first-order valence-corrected chi connectivity index (χ1v) is 5.70. The van der Waals surface area contributed by atoms with Crippen LogP contribution in [-0.4, -0.2) is 11.1 Å². The summed E-state index contributed by atoms with van der Waals surface area (Å²) in [7, 11) is 0. The zero-order valence-electron chi connectivity index (χ0n) is 10.5. The molecule has 2 aromatic rings. The Morgan fingerprint density at radius 1 is 1.11 bits per heavy atom. The first-order chi connectivity index (χ1) is 8.91. The molecule has 0 unspecified atom stereocenters. The van der Waals surface area contributed by atoms with Crippen LogP contribution in [0.25, 0.3) is 11.1 Å². The molecule has 0 radical (unpaired) electrons. The van der Waals surface area contributed by atoms with E-state index in [-0.39, 0.29) is 11.1 Å². The van der Waals surface area contributed by atoms with Gasteiger partial charge in [-0.3, -0.25) is 0 Å². The van der Waals surface area contributed by atoms with Gasteiger partial charge in [-0.05, 0) is 37.1 Å². The summed E-state index contributed by atoms with van der Waals surface area (Å²) in [6.07, 6.45) is 0. The Bertz CT molecular complexity index is 640. The number of hydrogen-bond acceptors (Lipinski definition) is 1. The van der Waals surface area contributed by atoms with Crippen molar-refractivity contribution in [3.63, 3.8) is 0 Å². The fourth-order valence-electron chi connectivity index (χ4n) is 2.21. The van der Waals surface area contributed by atoms with Crippen LogP contribution in [0.2, 0.25) is 0 Å². The summed E-state index contributed by atoms with van der Waals surface area (Å²) < 4.78 is 27.7. The number of benzene rings is 2. The maximum Gasteiger partial charge on any atom is 0.339 e. The number of halogens is 2. The molecule has 0 spiro atoms. The molecule has 0 saturated heterocycles. The Kier molecular flexibility index (Phi) is 3.34. The molecule has 0 amide bonds. The Morgan fingerprint density at radius 3 is 2.37 bits per heavy atom. The lowest BCUT2D eigenvalue weighted by molar-refractivity contribution is 0.0693. The molecule has 0 atom stereocenters. The van der Waals surface area contributed by atoms with Gasteiger partial charge in [0.1, 0.15) is 17.2 Å². The molecule has 0 aromatic heterocycles. The number of carboxylic acids is 1. The second-order valence-electron chi connectivity index (χ2n) is 4.41. The molecular formula is C15H12F2O2. The van der Waals surface area contributed by atoms with Crippen LogP contribution in [0, 0.1) is 25.5 Å². The van der Waals surface area contributed by atoms with Crippen LogP contribution >= 0.6 is 0 Å². The van der Waals surface area contributed by atoms with Crippen LogP contribution in [0.1, 0.15) is 21.5 Å². The molecule has 2 rings (SSSR count). The van der Waals surface area contributed by atoms with Crippen LogP contribution in [0.15, 0.2) is 30.3 Å². The van der Waals surface area contributed by atoms with Crippen molar-refractivity contribution >= 4 is 5.97 Å². The number of carbonyl (C=O) groups is 1. The molecule has 98 valence electrons. The van der Waals surface area contributed by atoms with Crippen molar-refractivity contribution in [1.29, 1.82) is 0 Å². The van der Waals surface area contributed by atoms with E-state index in [0.717, 1.165) is 11.6 Å². The average molecular weight is 262 g/mol. The molecule has 0 heterocycles. The van der Waals surface area contributed by atoms with E-state index in [1.54, 1.807) is 19.9 Å². The Morgan fingerprint density at radius 2 is 1.79 bits per heavy atom. The zero-order valence-corrected chi connectivity index (χ0v) is 10.5. The summed E-state index contributed by atoms with van der Waals surface area (Å²) >= 11 is 0. The van der Waals surface area contributed by atoms with Crippen LogP contribution < -0.4 is 0 Å². The van der Waals surface area contributed by atoms with Crippen molar-refractivity contribution in [3.8, 4) is 11.1 Å². The van der Waals surface area contributed by atoms with Crippen LogP contribution in [0.4, 0.5) is 8.78 Å². The summed E-state index contributed by atoms with van der Waals surface area (Å²) in [5.41, 5.74) is 0.982. The van der Waals surface area contributed by atoms with Gasteiger partial charge >= 0.3 is 5.97 Å². The minimum Gasteiger partial charge on any atom is -0.478 e. The van der Waals surface area contributed by atoms with Gasteiger partial charge in [-0.25, -0.2) is 13.6 Å². The average Bonchev–Trinajstić information content (AvgIpc) is 2.26. The molecule has 2 nitrogen and oxygen atoms in total. The van der Waals surface area contributed by atoms with Gasteiger partial charge in [0.25, 0.3) is 0 Å². The highest BCUT2D eigenvalue weighted by atomic mass is 19.1. The third kappa shape index (κ3) is 2.34. The molecule has 2 aromatic carbocycles. The van der Waals surface area contributed by atoms with Gasteiger partial charge < -0.3 is 5.11 Å². The predicted octanol–water partition coefficient (Wildman–Crippen LogP) is 3.95. The topological polar surface area (TPSA) is 37.3 Å². The number of aryl methyl sites for hydroxylation is 2. The predicted molar refractivity (Wildman–Crippen MR) is 68.2 cm³/mol. The second kappa shape index (κ2) is 4.80. The normalized spacial score (nSPS) is 10.5. The van der Waals surface area contributed by atoms with Crippen LogP contribution in [-0.2, 0) is 0 Å². The highest BCUT2D eigenvalue weighted by molar-refractivity contribution is 5.96. The van der Waals surface area contributed by atoms with Gasteiger partial charge in [-0.1, -0.05) is 18.2 Å². The Hall–Kier alpha value is -2.23. The third-order valence-electron chi connectivity index (χ3n) is 2.93. The van der Waals surface area contributed by atoms with E-state index in [0.29, 0.717) is 5.56 Å². The van der Waals surface area contributed by atoms with Gasteiger partial charge in [0.2, 0.25) is 0 Å². The molecule has 0 bridgehead atoms. The second-order valence-corrected chi connectivity index (χ2v) is 4.41. The van der Waals surface area contributed by atoms with E-state index in [9.17, 15) is 13.6 Å². The monoisotopic (exact) mass is 262 g/mol. The van der Waals surface area contributed by atoms with Gasteiger partial charge in [-0.2, -0.15) is 0 Å². The third-order valence-corrected chi connectivity index (χ3v) is 2.93. The highest BCUT2D eigenvalue weighted by Gasteiger charge is 2.20. The van der Waals surface area contributed by atoms with Crippen molar-refractivity contribution in [2.75, 3.05) is 0 Å². The molecule has 1 N–H and O–H groups in total. The minimum absolute atomic E-state index is 0.0579. The Labute approximate surface area is 109 Å². The molecule has 0 aliphatic heterocycles. The SMILES string of the molecule is Cc1cc(C)c(-c2cccc(F)c2C(=O)O)c(F)c1. The molecule has 4 heteroatoms. The Balaban J connectivity index is 2.80. The summed E-state index contributed by atoms with van der Waals surface area (Å²) in [5, 5.41) is 9.08. The molecular weight excluding hydrogens is 250 g/mol. The first-order valence-electron chi connectivity index (χ1n) is 5.70. The van der Waals surface area contributed by atoms with Crippen molar-refractivity contribution in [2.45, 2.75) is 13.8 Å². The number of rotatable bonds is 2. The largest absolute Gasteiger partial charge is 0.478 e. The maximum atomic E-state index is 14.1. The molecule has 0 aliphatic carbocycles. The fraction of sp³-hybridized carbons (Fsp3) is 0.133. The lowest BCUT2D eigenvalue weighted by Crippen LogP contribution is -2.05. The van der Waals surface area contributed by atoms with Gasteiger partial charge in [-0.15, -0.1) is 0 Å². The smallest absolute Gasteiger partial charge is 0.339 e. The van der Waals surface area contributed by atoms with Gasteiger partial charge in [0.05, 0.1) is 0 Å². The number of hydrogen-bond donors (Lipinski definition) is 1. The van der Waals surface area contributed by atoms with E-state index in [1.807, 2.05) is 0 Å². The number of carboxylic acid groups (broad SMARTS) is 1. The fourth-order valence-corrected chi connectivity index (χ4v) is 2.21. The molecule has 0 saturated carbocycles. The van der Waals surface area contributed by atoms with E-state index in [1.165, 1.54) is 18.2 Å².